The fraction of sp³-hybridized carbons (Fsp3) is 0.400. The number of morpholine rings is 1. The van der Waals surface area contributed by atoms with Crippen LogP contribution >= 0.6 is 0 Å². The fourth-order valence-corrected chi connectivity index (χ4v) is 2.94. The smallest absolute Gasteiger partial charge is 0.253 e. The minimum absolute atomic E-state index is 0.0105. The molecule has 0 unspecified atom stereocenters. The maximum absolute atomic E-state index is 12.9. The van der Waals surface area contributed by atoms with Gasteiger partial charge < -0.3 is 19.7 Å². The number of hydrogen-bond donors (Lipinski definition) is 1. The molecule has 1 amide bonds. The standard InChI is InChI=1S/C20H25N3O3/c1-25-18-7-5-16(6-8-18)9-12-23(15-17-4-2-3-10-22-17)20(24)19-14-21-11-13-26-19/h2-8,10,19,21H,9,11-15H2,1H3/t19-/m0/s1. The topological polar surface area (TPSA) is 63.7 Å². The van der Waals surface area contributed by atoms with Crippen molar-refractivity contribution in [2.75, 3.05) is 33.4 Å². The SMILES string of the molecule is COc1ccc(CCN(Cc2ccccn2)C(=O)[C@@H]2CNCCO2)cc1. The first-order chi connectivity index (χ1) is 12.8. The predicted octanol–water partition coefficient (Wildman–Crippen LogP) is 1.65. The number of pyridine rings is 1. The number of carbonyl (C=O) groups is 1. The second kappa shape index (κ2) is 9.31. The third kappa shape index (κ3) is 5.03. The van der Waals surface area contributed by atoms with Crippen molar-refractivity contribution in [3.8, 4) is 5.75 Å². The Morgan fingerprint density at radius 2 is 2.15 bits per heavy atom. The summed E-state index contributed by atoms with van der Waals surface area (Å²) in [5, 5.41) is 3.22. The van der Waals surface area contributed by atoms with E-state index < -0.39 is 6.10 Å². The first-order valence-corrected chi connectivity index (χ1v) is 8.90. The highest BCUT2D eigenvalue weighted by Gasteiger charge is 2.27. The van der Waals surface area contributed by atoms with E-state index in [9.17, 15) is 4.79 Å². The molecule has 0 bridgehead atoms. The van der Waals surface area contributed by atoms with E-state index in [1.54, 1.807) is 13.3 Å². The molecule has 3 rings (SSSR count). The molecule has 2 heterocycles. The molecule has 0 saturated carbocycles. The van der Waals surface area contributed by atoms with Crippen LogP contribution in [0.3, 0.4) is 0 Å². The van der Waals surface area contributed by atoms with Gasteiger partial charge in [-0.25, -0.2) is 0 Å². The van der Waals surface area contributed by atoms with Crippen molar-refractivity contribution in [2.45, 2.75) is 19.1 Å². The number of aromatic nitrogens is 1. The lowest BCUT2D eigenvalue weighted by Crippen LogP contribution is -2.49. The van der Waals surface area contributed by atoms with Gasteiger partial charge in [-0.05, 0) is 36.2 Å². The first kappa shape index (κ1) is 18.4. The molecule has 1 aliphatic heterocycles. The lowest BCUT2D eigenvalue weighted by atomic mass is 10.1. The lowest BCUT2D eigenvalue weighted by molar-refractivity contribution is -0.145. The molecule has 138 valence electrons. The third-order valence-electron chi connectivity index (χ3n) is 4.42. The van der Waals surface area contributed by atoms with Crippen molar-refractivity contribution in [3.63, 3.8) is 0 Å². The number of amides is 1. The van der Waals surface area contributed by atoms with Gasteiger partial charge in [0.1, 0.15) is 11.9 Å². The Morgan fingerprint density at radius 1 is 1.31 bits per heavy atom. The van der Waals surface area contributed by atoms with Crippen molar-refractivity contribution < 1.29 is 14.3 Å². The highest BCUT2D eigenvalue weighted by atomic mass is 16.5. The quantitative estimate of drug-likeness (QED) is 0.818. The molecule has 26 heavy (non-hydrogen) atoms. The molecule has 1 aliphatic rings. The van der Waals surface area contributed by atoms with Gasteiger partial charge in [-0.2, -0.15) is 0 Å². The second-order valence-electron chi connectivity index (χ2n) is 6.24. The van der Waals surface area contributed by atoms with Crippen molar-refractivity contribution in [3.05, 3.63) is 59.9 Å². The van der Waals surface area contributed by atoms with Crippen LogP contribution in [0.15, 0.2) is 48.7 Å². The van der Waals surface area contributed by atoms with Crippen LogP contribution in [0.25, 0.3) is 0 Å². The first-order valence-electron chi connectivity index (χ1n) is 8.90. The normalized spacial score (nSPS) is 16.9. The summed E-state index contributed by atoms with van der Waals surface area (Å²) in [6.07, 6.45) is 2.09. The molecular formula is C20H25N3O3. The van der Waals surface area contributed by atoms with Gasteiger partial charge in [-0.15, -0.1) is 0 Å². The average Bonchev–Trinajstić information content (AvgIpc) is 2.72. The zero-order valence-corrected chi connectivity index (χ0v) is 15.1. The van der Waals surface area contributed by atoms with E-state index in [-0.39, 0.29) is 5.91 Å². The molecular weight excluding hydrogens is 330 g/mol. The maximum Gasteiger partial charge on any atom is 0.253 e. The summed E-state index contributed by atoms with van der Waals surface area (Å²) in [5.41, 5.74) is 2.03. The van der Waals surface area contributed by atoms with Crippen molar-refractivity contribution in [2.24, 2.45) is 0 Å². The van der Waals surface area contributed by atoms with Gasteiger partial charge in [0.15, 0.2) is 0 Å². The Balaban J connectivity index is 1.67. The second-order valence-corrected chi connectivity index (χ2v) is 6.24. The largest absolute Gasteiger partial charge is 0.497 e. The van der Waals surface area contributed by atoms with Gasteiger partial charge in [-0.1, -0.05) is 18.2 Å². The van der Waals surface area contributed by atoms with Crippen molar-refractivity contribution >= 4 is 5.91 Å². The summed E-state index contributed by atoms with van der Waals surface area (Å²) >= 11 is 0. The Bertz CT molecular complexity index is 685. The van der Waals surface area contributed by atoms with E-state index in [1.807, 2.05) is 47.4 Å². The number of nitrogens with one attached hydrogen (secondary N) is 1. The fourth-order valence-electron chi connectivity index (χ4n) is 2.94. The number of rotatable bonds is 7. The molecule has 1 N–H and O–H groups in total. The minimum atomic E-state index is -0.427. The van der Waals surface area contributed by atoms with E-state index >= 15 is 0 Å². The number of hydrogen-bond acceptors (Lipinski definition) is 5. The van der Waals surface area contributed by atoms with Crippen LogP contribution in [0.2, 0.25) is 0 Å². The molecule has 0 spiro atoms. The Morgan fingerprint density at radius 3 is 2.81 bits per heavy atom. The van der Waals surface area contributed by atoms with Gasteiger partial charge in [0.05, 0.1) is 26.0 Å². The molecule has 0 aliphatic carbocycles. The molecule has 1 atom stereocenters. The molecule has 1 aromatic carbocycles. The zero-order valence-electron chi connectivity index (χ0n) is 15.1. The van der Waals surface area contributed by atoms with Crippen LogP contribution < -0.4 is 10.1 Å². The van der Waals surface area contributed by atoms with Gasteiger partial charge in [0.25, 0.3) is 5.91 Å². The number of ether oxygens (including phenoxy) is 2. The summed E-state index contributed by atoms with van der Waals surface area (Å²) in [6.45, 7) is 3.00. The molecule has 0 radical (unpaired) electrons. The minimum Gasteiger partial charge on any atom is -0.497 e. The highest BCUT2D eigenvalue weighted by molar-refractivity contribution is 5.81. The van der Waals surface area contributed by atoms with E-state index in [4.69, 9.17) is 9.47 Å². The molecule has 6 heteroatoms. The van der Waals surface area contributed by atoms with Gasteiger partial charge >= 0.3 is 0 Å². The van der Waals surface area contributed by atoms with Gasteiger partial charge in [0.2, 0.25) is 0 Å². The summed E-state index contributed by atoms with van der Waals surface area (Å²) in [6, 6.07) is 13.7. The molecule has 1 saturated heterocycles. The van der Waals surface area contributed by atoms with Gasteiger partial charge in [0, 0.05) is 25.8 Å². The Kier molecular flexibility index (Phi) is 6.57. The Labute approximate surface area is 154 Å². The number of carbonyl (C=O) groups excluding carboxylic acids is 1. The highest BCUT2D eigenvalue weighted by Crippen LogP contribution is 2.14. The Hall–Kier alpha value is -2.44. The summed E-state index contributed by atoms with van der Waals surface area (Å²) in [7, 11) is 1.65. The summed E-state index contributed by atoms with van der Waals surface area (Å²) < 4.78 is 10.8. The van der Waals surface area contributed by atoms with Crippen molar-refractivity contribution in [1.82, 2.24) is 15.2 Å². The zero-order chi connectivity index (χ0) is 18.2. The van der Waals surface area contributed by atoms with Crippen LogP contribution in [-0.2, 0) is 22.5 Å². The van der Waals surface area contributed by atoms with Crippen molar-refractivity contribution in [1.29, 1.82) is 0 Å². The molecule has 2 aromatic rings. The van der Waals surface area contributed by atoms with Crippen LogP contribution in [0.5, 0.6) is 5.75 Å². The van der Waals surface area contributed by atoms with Crippen LogP contribution in [0.4, 0.5) is 0 Å². The predicted molar refractivity (Wildman–Crippen MR) is 99.0 cm³/mol. The van der Waals surface area contributed by atoms with E-state index in [2.05, 4.69) is 10.3 Å². The molecule has 1 fully saturated rings. The lowest BCUT2D eigenvalue weighted by Gasteiger charge is -2.29. The van der Waals surface area contributed by atoms with E-state index in [1.165, 1.54) is 0 Å². The monoisotopic (exact) mass is 355 g/mol. The molecule has 1 aromatic heterocycles. The average molecular weight is 355 g/mol. The summed E-state index contributed by atoms with van der Waals surface area (Å²) in [4.78, 5) is 19.1. The van der Waals surface area contributed by atoms with E-state index in [0.29, 0.717) is 26.2 Å². The van der Waals surface area contributed by atoms with Gasteiger partial charge in [-0.3, -0.25) is 9.78 Å². The number of nitrogens with zero attached hydrogens (tertiary/aromatic N) is 2. The van der Waals surface area contributed by atoms with Crippen LogP contribution in [0.1, 0.15) is 11.3 Å². The third-order valence-corrected chi connectivity index (χ3v) is 4.42. The van der Waals surface area contributed by atoms with Crippen LogP contribution in [0, 0.1) is 0 Å². The number of benzene rings is 1. The van der Waals surface area contributed by atoms with E-state index in [0.717, 1.165) is 30.0 Å². The number of methoxy groups -OCH3 is 1. The molecule has 6 nitrogen and oxygen atoms in total. The summed E-state index contributed by atoms with van der Waals surface area (Å²) in [5.74, 6) is 0.841. The van der Waals surface area contributed by atoms with Crippen LogP contribution in [-0.4, -0.2) is 55.2 Å². The maximum atomic E-state index is 12.9.